The lowest BCUT2D eigenvalue weighted by molar-refractivity contribution is 0.179. The van der Waals surface area contributed by atoms with Crippen LogP contribution in [0.4, 0.5) is 0 Å². The summed E-state index contributed by atoms with van der Waals surface area (Å²) in [5.41, 5.74) is 0. The molecule has 0 aliphatic carbocycles. The maximum absolute atomic E-state index is 6.03. The van der Waals surface area contributed by atoms with E-state index in [1.807, 2.05) is 11.6 Å². The number of nitrogens with zero attached hydrogens (tertiary/aromatic N) is 5. The Kier molecular flexibility index (Phi) is 8.43. The predicted molar refractivity (Wildman–Crippen MR) is 117 cm³/mol. The summed E-state index contributed by atoms with van der Waals surface area (Å²) in [6.45, 7) is 4.49. The molecule has 1 aliphatic heterocycles. The lowest BCUT2D eigenvalue weighted by Gasteiger charge is -2.34. The lowest BCUT2D eigenvalue weighted by Crippen LogP contribution is -2.46. The van der Waals surface area contributed by atoms with Crippen LogP contribution in [-0.4, -0.2) is 58.9 Å². The van der Waals surface area contributed by atoms with E-state index in [9.17, 15) is 0 Å². The average molecular weight is 439 g/mol. The zero-order valence-electron chi connectivity index (χ0n) is 16.7. The summed E-state index contributed by atoms with van der Waals surface area (Å²) in [5, 5.41) is 12.3. The van der Waals surface area contributed by atoms with Crippen LogP contribution in [0.3, 0.4) is 0 Å². The Bertz CT molecular complexity index is 755. The van der Waals surface area contributed by atoms with Crippen molar-refractivity contribution in [2.75, 3.05) is 33.3 Å². The van der Waals surface area contributed by atoms with E-state index in [-0.39, 0.29) is 0 Å². The van der Waals surface area contributed by atoms with Crippen molar-refractivity contribution in [1.29, 1.82) is 0 Å². The molecule has 1 N–H and O–H groups in total. The number of ether oxygens (including phenoxy) is 1. The number of hydrogen-bond donors (Lipinski definition) is 1. The summed E-state index contributed by atoms with van der Waals surface area (Å²) in [4.78, 5) is 6.77. The number of hydrogen-bond acceptors (Lipinski definition) is 4. The molecule has 0 atom stereocenters. The zero-order chi connectivity index (χ0) is 20.5. The minimum Gasteiger partial charge on any atom is -0.493 e. The summed E-state index contributed by atoms with van der Waals surface area (Å²) in [7, 11) is 1.84. The molecule has 2 heterocycles. The van der Waals surface area contributed by atoms with Gasteiger partial charge in [-0.25, -0.2) is 0 Å². The number of aromatic nitrogens is 3. The van der Waals surface area contributed by atoms with Gasteiger partial charge in [0.05, 0.1) is 6.61 Å². The molecule has 1 aromatic carbocycles. The van der Waals surface area contributed by atoms with E-state index in [4.69, 9.17) is 27.9 Å². The van der Waals surface area contributed by atoms with Crippen LogP contribution < -0.4 is 10.1 Å². The number of halogens is 2. The van der Waals surface area contributed by atoms with E-state index in [1.54, 1.807) is 30.9 Å². The number of nitrogens with one attached hydrogen (secondary N) is 1. The van der Waals surface area contributed by atoms with Gasteiger partial charge in [0.2, 0.25) is 0 Å². The summed E-state index contributed by atoms with van der Waals surface area (Å²) >= 11 is 12.1. The molecule has 0 unspecified atom stereocenters. The fourth-order valence-corrected chi connectivity index (χ4v) is 3.93. The molecule has 29 heavy (non-hydrogen) atoms. The van der Waals surface area contributed by atoms with Gasteiger partial charge in [0.15, 0.2) is 5.96 Å². The molecule has 0 bridgehead atoms. The number of guanidine groups is 1. The second-order valence-corrected chi connectivity index (χ2v) is 8.10. The molecule has 1 saturated heterocycles. The van der Waals surface area contributed by atoms with E-state index in [0.29, 0.717) is 22.6 Å². The van der Waals surface area contributed by atoms with Crippen LogP contribution in [0, 0.1) is 5.92 Å². The van der Waals surface area contributed by atoms with E-state index in [2.05, 4.69) is 25.4 Å². The van der Waals surface area contributed by atoms with Crippen molar-refractivity contribution in [3.63, 3.8) is 0 Å². The van der Waals surface area contributed by atoms with Crippen molar-refractivity contribution < 1.29 is 4.74 Å². The van der Waals surface area contributed by atoms with Gasteiger partial charge in [-0.15, -0.1) is 10.2 Å². The highest BCUT2D eigenvalue weighted by Gasteiger charge is 2.22. The molecule has 1 fully saturated rings. The maximum Gasteiger partial charge on any atom is 0.193 e. The fraction of sp³-hybridized carbons (Fsp3) is 0.550. The van der Waals surface area contributed by atoms with Gasteiger partial charge >= 0.3 is 0 Å². The number of aryl methyl sites for hydroxylation is 1. The molecule has 3 rings (SSSR count). The molecular weight excluding hydrogens is 411 g/mol. The number of aliphatic imine (C=N–C) groups is 1. The smallest absolute Gasteiger partial charge is 0.193 e. The zero-order valence-corrected chi connectivity index (χ0v) is 18.2. The molecule has 1 aliphatic rings. The van der Waals surface area contributed by atoms with E-state index < -0.39 is 0 Å². The summed E-state index contributed by atoms with van der Waals surface area (Å²) < 4.78 is 7.91. The van der Waals surface area contributed by atoms with Crippen LogP contribution in [-0.2, 0) is 6.54 Å². The van der Waals surface area contributed by atoms with Crippen LogP contribution >= 0.6 is 23.2 Å². The Morgan fingerprint density at radius 3 is 2.48 bits per heavy atom. The number of likely N-dealkylation sites (tertiary alicyclic amines) is 1. The summed E-state index contributed by atoms with van der Waals surface area (Å²) in [5.74, 6) is 2.23. The molecule has 2 aromatic rings. The number of piperidine rings is 1. The Labute approximate surface area is 182 Å². The Morgan fingerprint density at radius 2 is 1.83 bits per heavy atom. The third-order valence-electron chi connectivity index (χ3n) is 5.04. The summed E-state index contributed by atoms with van der Waals surface area (Å²) in [6, 6.07) is 5.32. The Morgan fingerprint density at radius 1 is 1.14 bits per heavy atom. The molecule has 7 nitrogen and oxygen atoms in total. The van der Waals surface area contributed by atoms with Crippen LogP contribution in [0.5, 0.6) is 5.75 Å². The van der Waals surface area contributed by atoms with Gasteiger partial charge in [0, 0.05) is 43.3 Å². The minimum absolute atomic E-state index is 0.519. The topological polar surface area (TPSA) is 67.6 Å². The standard InChI is InChI=1S/C20H28Cl2N6O/c1-23-20(24-6-2-3-7-27-14-25-26-15-27)28-8-4-16(5-9-28)13-29-19-11-17(21)10-18(22)12-19/h10-12,14-16H,2-9,13H2,1H3,(H,23,24). The highest BCUT2D eigenvalue weighted by Crippen LogP contribution is 2.26. The van der Waals surface area contributed by atoms with Gasteiger partial charge in [-0.3, -0.25) is 4.99 Å². The molecule has 0 amide bonds. The third-order valence-corrected chi connectivity index (χ3v) is 5.48. The highest BCUT2D eigenvalue weighted by molar-refractivity contribution is 6.34. The van der Waals surface area contributed by atoms with Crippen LogP contribution in [0.25, 0.3) is 0 Å². The first kappa shape index (κ1) is 21.7. The highest BCUT2D eigenvalue weighted by atomic mass is 35.5. The average Bonchev–Trinajstić information content (AvgIpc) is 3.22. The first-order valence-corrected chi connectivity index (χ1v) is 10.8. The number of unbranched alkanes of at least 4 members (excludes halogenated alkanes) is 1. The first-order chi connectivity index (χ1) is 14.1. The molecular formula is C20H28Cl2N6O. The first-order valence-electron chi connectivity index (χ1n) is 10.0. The number of rotatable bonds is 8. The van der Waals surface area contributed by atoms with Crippen molar-refractivity contribution in [3.05, 3.63) is 40.9 Å². The fourth-order valence-electron chi connectivity index (χ4n) is 3.43. The lowest BCUT2D eigenvalue weighted by atomic mass is 9.98. The molecule has 158 valence electrons. The maximum atomic E-state index is 6.03. The van der Waals surface area contributed by atoms with Gasteiger partial charge in [-0.2, -0.15) is 0 Å². The normalized spacial score (nSPS) is 15.6. The Balaban J connectivity index is 1.33. The molecule has 9 heteroatoms. The van der Waals surface area contributed by atoms with Crippen molar-refractivity contribution in [2.24, 2.45) is 10.9 Å². The largest absolute Gasteiger partial charge is 0.493 e. The van der Waals surface area contributed by atoms with Crippen LogP contribution in [0.1, 0.15) is 25.7 Å². The molecule has 0 saturated carbocycles. The quantitative estimate of drug-likeness (QED) is 0.386. The van der Waals surface area contributed by atoms with Crippen molar-refractivity contribution in [3.8, 4) is 5.75 Å². The molecule has 0 spiro atoms. The number of benzene rings is 1. The van der Waals surface area contributed by atoms with Gasteiger partial charge in [0.1, 0.15) is 18.4 Å². The SMILES string of the molecule is CN=C(NCCCCn1cnnc1)N1CCC(COc2cc(Cl)cc(Cl)c2)CC1. The molecule has 0 radical (unpaired) electrons. The van der Waals surface area contributed by atoms with E-state index in [1.165, 1.54) is 0 Å². The minimum atomic E-state index is 0.519. The second-order valence-electron chi connectivity index (χ2n) is 7.23. The third kappa shape index (κ3) is 7.08. The van der Waals surface area contributed by atoms with Crippen molar-refractivity contribution in [1.82, 2.24) is 25.0 Å². The second kappa shape index (κ2) is 11.3. The van der Waals surface area contributed by atoms with E-state index >= 15 is 0 Å². The van der Waals surface area contributed by atoms with Gasteiger partial charge in [0.25, 0.3) is 0 Å². The van der Waals surface area contributed by atoms with E-state index in [0.717, 1.165) is 63.6 Å². The molecule has 1 aromatic heterocycles. The van der Waals surface area contributed by atoms with Crippen LogP contribution in [0.2, 0.25) is 10.0 Å². The Hall–Kier alpha value is -1.99. The van der Waals surface area contributed by atoms with Gasteiger partial charge in [-0.05, 0) is 49.8 Å². The van der Waals surface area contributed by atoms with Gasteiger partial charge in [-0.1, -0.05) is 23.2 Å². The monoisotopic (exact) mass is 438 g/mol. The van der Waals surface area contributed by atoms with Crippen molar-refractivity contribution >= 4 is 29.2 Å². The predicted octanol–water partition coefficient (Wildman–Crippen LogP) is 3.73. The van der Waals surface area contributed by atoms with Gasteiger partial charge < -0.3 is 19.5 Å². The summed E-state index contributed by atoms with van der Waals surface area (Å²) in [6.07, 6.45) is 7.80. The van der Waals surface area contributed by atoms with Crippen LogP contribution in [0.15, 0.2) is 35.8 Å². The van der Waals surface area contributed by atoms with Crippen molar-refractivity contribution in [2.45, 2.75) is 32.2 Å².